The summed E-state index contributed by atoms with van der Waals surface area (Å²) in [6.45, 7) is 7.42. The molecule has 1 aliphatic heterocycles. The molecule has 1 aromatic heterocycles. The summed E-state index contributed by atoms with van der Waals surface area (Å²) >= 11 is 0. The minimum absolute atomic E-state index is 0.0587. The Labute approximate surface area is 153 Å². The van der Waals surface area contributed by atoms with Crippen LogP contribution < -0.4 is 5.32 Å². The van der Waals surface area contributed by atoms with Crippen LogP contribution in [0.3, 0.4) is 0 Å². The average molecular weight is 377 g/mol. The Morgan fingerprint density at radius 3 is 2.58 bits per heavy atom. The lowest BCUT2D eigenvalue weighted by Gasteiger charge is -2.23. The Bertz CT molecular complexity index is 930. The molecule has 0 bridgehead atoms. The number of amides is 1. The molecule has 0 spiro atoms. The van der Waals surface area contributed by atoms with Crippen molar-refractivity contribution in [1.82, 2.24) is 9.46 Å². The number of rotatable bonds is 4. The largest absolute Gasteiger partial charge is 0.360 e. The van der Waals surface area contributed by atoms with Crippen LogP contribution in [0.15, 0.2) is 27.6 Å². The van der Waals surface area contributed by atoms with E-state index in [2.05, 4.69) is 10.5 Å². The van der Waals surface area contributed by atoms with Gasteiger partial charge in [-0.25, -0.2) is 8.42 Å². The molecule has 2 heterocycles. The molecule has 1 saturated heterocycles. The molecule has 3 rings (SSSR count). The lowest BCUT2D eigenvalue weighted by atomic mass is 10.1. The number of anilines is 1. The molecular weight excluding hydrogens is 354 g/mol. The lowest BCUT2D eigenvalue weighted by Crippen LogP contribution is -2.43. The van der Waals surface area contributed by atoms with Crippen LogP contribution >= 0.6 is 0 Å². The third-order valence-corrected chi connectivity index (χ3v) is 6.97. The molecule has 1 aromatic carbocycles. The second-order valence-corrected chi connectivity index (χ2v) is 8.54. The quantitative estimate of drug-likeness (QED) is 0.884. The van der Waals surface area contributed by atoms with Gasteiger partial charge in [0, 0.05) is 12.2 Å². The van der Waals surface area contributed by atoms with Gasteiger partial charge in [-0.05, 0) is 63.8 Å². The average Bonchev–Trinajstić information content (AvgIpc) is 3.18. The summed E-state index contributed by atoms with van der Waals surface area (Å²) in [5.74, 6) is -0.0798. The van der Waals surface area contributed by atoms with Gasteiger partial charge < -0.3 is 9.84 Å². The van der Waals surface area contributed by atoms with Gasteiger partial charge >= 0.3 is 0 Å². The summed E-state index contributed by atoms with van der Waals surface area (Å²) in [7, 11) is -3.84. The van der Waals surface area contributed by atoms with E-state index in [1.54, 1.807) is 13.8 Å². The minimum Gasteiger partial charge on any atom is -0.360 e. The summed E-state index contributed by atoms with van der Waals surface area (Å²) in [6.07, 6.45) is 1.12. The molecule has 26 heavy (non-hydrogen) atoms. The fourth-order valence-electron chi connectivity index (χ4n) is 3.29. The highest BCUT2D eigenvalue weighted by Crippen LogP contribution is 2.30. The first-order valence-corrected chi connectivity index (χ1v) is 9.98. The highest BCUT2D eigenvalue weighted by atomic mass is 32.2. The molecule has 7 nitrogen and oxygen atoms in total. The van der Waals surface area contributed by atoms with Crippen molar-refractivity contribution < 1.29 is 17.7 Å². The molecule has 1 fully saturated rings. The Hall–Kier alpha value is -2.19. The Morgan fingerprint density at radius 2 is 1.96 bits per heavy atom. The van der Waals surface area contributed by atoms with E-state index in [0.29, 0.717) is 30.8 Å². The monoisotopic (exact) mass is 377 g/mol. The van der Waals surface area contributed by atoms with Gasteiger partial charge in [0.2, 0.25) is 15.9 Å². The van der Waals surface area contributed by atoms with E-state index in [0.717, 1.165) is 11.1 Å². The zero-order chi connectivity index (χ0) is 19.1. The van der Waals surface area contributed by atoms with Gasteiger partial charge in [0.05, 0.1) is 0 Å². The van der Waals surface area contributed by atoms with Crippen molar-refractivity contribution in [3.05, 3.63) is 40.8 Å². The SMILES string of the molecule is Cc1ccc(NC(=O)C2CCCN2S(=O)(=O)c2c(C)noc2C)cc1C. The van der Waals surface area contributed by atoms with Crippen LogP contribution in [-0.4, -0.2) is 36.4 Å². The van der Waals surface area contributed by atoms with Crippen molar-refractivity contribution in [3.8, 4) is 0 Å². The summed E-state index contributed by atoms with van der Waals surface area (Å²) in [5.41, 5.74) is 3.17. The van der Waals surface area contributed by atoms with Crippen LogP contribution in [0.5, 0.6) is 0 Å². The number of nitrogens with zero attached hydrogens (tertiary/aromatic N) is 2. The van der Waals surface area contributed by atoms with Crippen LogP contribution in [0.4, 0.5) is 5.69 Å². The first kappa shape index (κ1) is 18.6. The van der Waals surface area contributed by atoms with E-state index in [1.165, 1.54) is 4.31 Å². The van der Waals surface area contributed by atoms with E-state index in [4.69, 9.17) is 4.52 Å². The molecule has 140 valence electrons. The van der Waals surface area contributed by atoms with Gasteiger partial charge in [-0.2, -0.15) is 4.31 Å². The van der Waals surface area contributed by atoms with E-state index >= 15 is 0 Å². The standard InChI is InChI=1S/C18H23N3O4S/c1-11-7-8-15(10-12(11)2)19-18(22)16-6-5-9-21(16)26(23,24)17-13(3)20-25-14(17)4/h7-8,10,16H,5-6,9H2,1-4H3,(H,19,22). The van der Waals surface area contributed by atoms with Gasteiger partial charge in [0.15, 0.2) is 5.76 Å². The van der Waals surface area contributed by atoms with Crippen LogP contribution in [0.1, 0.15) is 35.4 Å². The summed E-state index contributed by atoms with van der Waals surface area (Å²) in [4.78, 5) is 12.8. The molecule has 1 atom stereocenters. The fourth-order valence-corrected chi connectivity index (χ4v) is 5.25. The molecule has 8 heteroatoms. The highest BCUT2D eigenvalue weighted by Gasteiger charge is 2.41. The van der Waals surface area contributed by atoms with Crippen molar-refractivity contribution in [2.45, 2.75) is 51.5 Å². The molecule has 0 radical (unpaired) electrons. The van der Waals surface area contributed by atoms with Gasteiger partial charge in [-0.3, -0.25) is 4.79 Å². The predicted octanol–water partition coefficient (Wildman–Crippen LogP) is 2.70. The van der Waals surface area contributed by atoms with Gasteiger partial charge in [0.1, 0.15) is 16.6 Å². The number of benzene rings is 1. The van der Waals surface area contributed by atoms with Crippen molar-refractivity contribution in [3.63, 3.8) is 0 Å². The van der Waals surface area contributed by atoms with Gasteiger partial charge in [-0.1, -0.05) is 11.2 Å². The maximum absolute atomic E-state index is 13.0. The number of aromatic nitrogens is 1. The summed E-state index contributed by atoms with van der Waals surface area (Å²) < 4.78 is 32.4. The number of hydrogen-bond acceptors (Lipinski definition) is 5. The third kappa shape index (κ3) is 3.26. The summed E-state index contributed by atoms with van der Waals surface area (Å²) in [6, 6.07) is 4.89. The number of carbonyl (C=O) groups excluding carboxylic acids is 1. The van der Waals surface area contributed by atoms with Crippen LogP contribution in [-0.2, 0) is 14.8 Å². The first-order valence-electron chi connectivity index (χ1n) is 8.54. The molecule has 1 amide bonds. The zero-order valence-corrected chi connectivity index (χ0v) is 16.2. The number of nitrogens with one attached hydrogen (secondary N) is 1. The van der Waals surface area contributed by atoms with Crippen molar-refractivity contribution in [2.75, 3.05) is 11.9 Å². The zero-order valence-electron chi connectivity index (χ0n) is 15.4. The molecular formula is C18H23N3O4S. The Balaban J connectivity index is 1.85. The van der Waals surface area contributed by atoms with Crippen molar-refractivity contribution in [2.24, 2.45) is 0 Å². The minimum atomic E-state index is -3.84. The van der Waals surface area contributed by atoms with Crippen LogP contribution in [0.25, 0.3) is 0 Å². The molecule has 0 aliphatic carbocycles. The van der Waals surface area contributed by atoms with Gasteiger partial charge in [-0.15, -0.1) is 0 Å². The molecule has 2 aromatic rings. The second-order valence-electron chi connectivity index (χ2n) is 6.72. The lowest BCUT2D eigenvalue weighted by molar-refractivity contribution is -0.119. The third-order valence-electron chi connectivity index (χ3n) is 4.82. The Kier molecular flexibility index (Phi) is 4.90. The Morgan fingerprint density at radius 1 is 1.23 bits per heavy atom. The molecule has 1 unspecified atom stereocenters. The maximum atomic E-state index is 13.0. The number of sulfonamides is 1. The normalized spacial score (nSPS) is 18.2. The predicted molar refractivity (Wildman–Crippen MR) is 97.4 cm³/mol. The second kappa shape index (κ2) is 6.85. The maximum Gasteiger partial charge on any atom is 0.249 e. The van der Waals surface area contributed by atoms with Crippen molar-refractivity contribution >= 4 is 21.6 Å². The fraction of sp³-hybridized carbons (Fsp3) is 0.444. The van der Waals surface area contributed by atoms with E-state index < -0.39 is 16.1 Å². The van der Waals surface area contributed by atoms with E-state index in [1.807, 2.05) is 32.0 Å². The number of hydrogen-bond donors (Lipinski definition) is 1. The van der Waals surface area contributed by atoms with Crippen LogP contribution in [0.2, 0.25) is 0 Å². The first-order chi connectivity index (χ1) is 12.2. The van der Waals surface area contributed by atoms with Crippen LogP contribution in [0, 0.1) is 27.7 Å². The van der Waals surface area contributed by atoms with Crippen molar-refractivity contribution in [1.29, 1.82) is 0 Å². The molecule has 1 N–H and O–H groups in total. The number of carbonyl (C=O) groups is 1. The van der Waals surface area contributed by atoms with Gasteiger partial charge in [0.25, 0.3) is 0 Å². The van der Waals surface area contributed by atoms with E-state index in [-0.39, 0.29) is 16.6 Å². The number of aryl methyl sites for hydroxylation is 4. The summed E-state index contributed by atoms with van der Waals surface area (Å²) in [5, 5.41) is 6.57. The molecule has 0 saturated carbocycles. The van der Waals surface area contributed by atoms with E-state index in [9.17, 15) is 13.2 Å². The smallest absolute Gasteiger partial charge is 0.249 e. The molecule has 1 aliphatic rings. The topological polar surface area (TPSA) is 92.5 Å². The highest BCUT2D eigenvalue weighted by molar-refractivity contribution is 7.89.